The molecule has 0 spiro atoms. The van der Waals surface area contributed by atoms with Crippen molar-refractivity contribution in [3.63, 3.8) is 0 Å². The van der Waals surface area contributed by atoms with E-state index in [1.165, 1.54) is 25.3 Å². The molecule has 0 N–H and O–H groups in total. The lowest BCUT2D eigenvalue weighted by atomic mass is 10.2. The zero-order valence-corrected chi connectivity index (χ0v) is 14.8. The number of pyridine rings is 1. The van der Waals surface area contributed by atoms with E-state index in [2.05, 4.69) is 4.98 Å². The molecule has 0 radical (unpaired) electrons. The molecule has 0 aliphatic carbocycles. The highest BCUT2D eigenvalue weighted by Crippen LogP contribution is 2.33. The summed E-state index contributed by atoms with van der Waals surface area (Å²) in [5, 5.41) is 0. The first kappa shape index (κ1) is 18.8. The summed E-state index contributed by atoms with van der Waals surface area (Å²) in [5.74, 6) is -0.328. The first-order valence-corrected chi connectivity index (χ1v) is 8.53. The first-order valence-electron chi connectivity index (χ1n) is 8.53. The van der Waals surface area contributed by atoms with E-state index in [-0.39, 0.29) is 17.7 Å². The third-order valence-corrected chi connectivity index (χ3v) is 4.19. The SMILES string of the molecule is CC(=O)N1CCCN(C(=O)c2ccc(OCC(F)F)nc2)c2ccccc21. The zero-order chi connectivity index (χ0) is 19.4. The van der Waals surface area contributed by atoms with E-state index in [1.807, 2.05) is 18.2 Å². The van der Waals surface area contributed by atoms with Gasteiger partial charge in [0.25, 0.3) is 12.3 Å². The summed E-state index contributed by atoms with van der Waals surface area (Å²) in [5.41, 5.74) is 1.64. The van der Waals surface area contributed by atoms with Gasteiger partial charge < -0.3 is 14.5 Å². The predicted octanol–water partition coefficient (Wildman–Crippen LogP) is 3.13. The first-order chi connectivity index (χ1) is 13.0. The van der Waals surface area contributed by atoms with Gasteiger partial charge in [0.1, 0.15) is 0 Å². The van der Waals surface area contributed by atoms with E-state index in [0.29, 0.717) is 36.4 Å². The molecule has 1 aliphatic rings. The van der Waals surface area contributed by atoms with Gasteiger partial charge in [-0.3, -0.25) is 9.59 Å². The van der Waals surface area contributed by atoms with Crippen LogP contribution >= 0.6 is 0 Å². The van der Waals surface area contributed by atoms with Gasteiger partial charge in [-0.1, -0.05) is 12.1 Å². The molecule has 1 aromatic carbocycles. The Morgan fingerprint density at radius 2 is 1.78 bits per heavy atom. The van der Waals surface area contributed by atoms with E-state index >= 15 is 0 Å². The molecule has 3 rings (SSSR count). The van der Waals surface area contributed by atoms with Crippen molar-refractivity contribution in [3.8, 4) is 5.88 Å². The van der Waals surface area contributed by atoms with Gasteiger partial charge in [0.2, 0.25) is 11.8 Å². The van der Waals surface area contributed by atoms with Crippen LogP contribution in [0.4, 0.5) is 20.2 Å². The number of rotatable bonds is 4. The van der Waals surface area contributed by atoms with Gasteiger partial charge >= 0.3 is 0 Å². The summed E-state index contributed by atoms with van der Waals surface area (Å²) in [6.45, 7) is 1.72. The van der Waals surface area contributed by atoms with Crippen molar-refractivity contribution in [2.45, 2.75) is 19.8 Å². The van der Waals surface area contributed by atoms with E-state index < -0.39 is 13.0 Å². The van der Waals surface area contributed by atoms with Crippen LogP contribution in [-0.2, 0) is 4.79 Å². The fourth-order valence-corrected chi connectivity index (χ4v) is 2.98. The van der Waals surface area contributed by atoms with Gasteiger partial charge in [-0.15, -0.1) is 0 Å². The lowest BCUT2D eigenvalue weighted by molar-refractivity contribution is -0.116. The number of hydrogen-bond acceptors (Lipinski definition) is 4. The third-order valence-electron chi connectivity index (χ3n) is 4.19. The molecule has 0 saturated carbocycles. The Kier molecular flexibility index (Phi) is 5.63. The van der Waals surface area contributed by atoms with Crippen molar-refractivity contribution >= 4 is 23.2 Å². The van der Waals surface area contributed by atoms with Crippen molar-refractivity contribution < 1.29 is 23.1 Å². The van der Waals surface area contributed by atoms with Gasteiger partial charge in [0.15, 0.2) is 6.61 Å². The molecule has 0 bridgehead atoms. The minimum absolute atomic E-state index is 0.0332. The van der Waals surface area contributed by atoms with E-state index in [0.717, 1.165) is 0 Å². The number of benzene rings is 1. The second-order valence-electron chi connectivity index (χ2n) is 6.06. The molecular weight excluding hydrogens is 356 g/mol. The number of para-hydroxylation sites is 2. The number of nitrogens with zero attached hydrogens (tertiary/aromatic N) is 3. The number of halogens is 2. The number of alkyl halides is 2. The second kappa shape index (κ2) is 8.11. The Balaban J connectivity index is 1.85. The van der Waals surface area contributed by atoms with Crippen LogP contribution < -0.4 is 14.5 Å². The van der Waals surface area contributed by atoms with Crippen molar-refractivity contribution in [3.05, 3.63) is 48.2 Å². The number of aromatic nitrogens is 1. The maximum absolute atomic E-state index is 13.0. The van der Waals surface area contributed by atoms with Crippen LogP contribution in [0.5, 0.6) is 5.88 Å². The van der Waals surface area contributed by atoms with Crippen molar-refractivity contribution in [2.75, 3.05) is 29.5 Å². The van der Waals surface area contributed by atoms with E-state index in [9.17, 15) is 18.4 Å². The number of carbonyl (C=O) groups excluding carboxylic acids is 2. The third kappa shape index (κ3) is 4.21. The Morgan fingerprint density at radius 3 is 2.37 bits per heavy atom. The minimum atomic E-state index is -2.59. The van der Waals surface area contributed by atoms with Gasteiger partial charge in [-0.2, -0.15) is 0 Å². The topological polar surface area (TPSA) is 62.7 Å². The van der Waals surface area contributed by atoms with Gasteiger partial charge in [-0.05, 0) is 24.6 Å². The molecule has 0 atom stereocenters. The summed E-state index contributed by atoms with van der Waals surface area (Å²) in [7, 11) is 0. The van der Waals surface area contributed by atoms with Crippen LogP contribution in [0.1, 0.15) is 23.7 Å². The minimum Gasteiger partial charge on any atom is -0.472 e. The van der Waals surface area contributed by atoms with Crippen LogP contribution in [-0.4, -0.2) is 42.9 Å². The lowest BCUT2D eigenvalue weighted by Crippen LogP contribution is -2.31. The fourth-order valence-electron chi connectivity index (χ4n) is 2.98. The van der Waals surface area contributed by atoms with Crippen molar-refractivity contribution in [2.24, 2.45) is 0 Å². The average molecular weight is 375 g/mol. The Bertz CT molecular complexity index is 827. The maximum Gasteiger partial charge on any atom is 0.272 e. The van der Waals surface area contributed by atoms with Crippen molar-refractivity contribution in [1.82, 2.24) is 4.98 Å². The summed E-state index contributed by atoms with van der Waals surface area (Å²) >= 11 is 0. The van der Waals surface area contributed by atoms with Crippen LogP contribution in [0.3, 0.4) is 0 Å². The zero-order valence-electron chi connectivity index (χ0n) is 14.8. The molecule has 0 unspecified atom stereocenters. The normalized spacial score (nSPS) is 13.9. The fraction of sp³-hybridized carbons (Fsp3) is 0.316. The summed E-state index contributed by atoms with van der Waals surface area (Å²) < 4.78 is 29.2. The van der Waals surface area contributed by atoms with E-state index in [4.69, 9.17) is 4.74 Å². The van der Waals surface area contributed by atoms with Crippen LogP contribution in [0.25, 0.3) is 0 Å². The Hall–Kier alpha value is -3.03. The number of hydrogen-bond donors (Lipinski definition) is 0. The quantitative estimate of drug-likeness (QED) is 0.824. The standard InChI is InChI=1S/C19H19F2N3O3/c1-13(25)23-9-4-10-24(16-6-3-2-5-15(16)23)19(26)14-7-8-18(22-11-14)27-12-17(20)21/h2-3,5-8,11,17H,4,9-10,12H2,1H3. The molecule has 27 heavy (non-hydrogen) atoms. The van der Waals surface area contributed by atoms with Gasteiger partial charge in [0.05, 0.1) is 16.9 Å². The van der Waals surface area contributed by atoms with Crippen molar-refractivity contribution in [1.29, 1.82) is 0 Å². The number of carbonyl (C=O) groups is 2. The second-order valence-corrected chi connectivity index (χ2v) is 6.06. The molecular formula is C19H19F2N3O3. The molecule has 8 heteroatoms. The monoisotopic (exact) mass is 375 g/mol. The molecule has 0 saturated heterocycles. The number of fused-ring (bicyclic) bond motifs is 1. The van der Waals surface area contributed by atoms with Gasteiger partial charge in [0, 0.05) is 32.3 Å². The summed E-state index contributed by atoms with van der Waals surface area (Å²) in [6, 6.07) is 10.1. The highest BCUT2D eigenvalue weighted by atomic mass is 19.3. The van der Waals surface area contributed by atoms with Crippen LogP contribution in [0.2, 0.25) is 0 Å². The summed E-state index contributed by atoms with van der Waals surface area (Å²) in [6.07, 6.45) is -0.659. The van der Waals surface area contributed by atoms with Gasteiger partial charge in [-0.25, -0.2) is 13.8 Å². The number of anilines is 2. The highest BCUT2D eigenvalue weighted by Gasteiger charge is 2.27. The number of amides is 2. The Morgan fingerprint density at radius 1 is 1.11 bits per heavy atom. The molecule has 2 aromatic rings. The molecule has 1 aromatic heterocycles. The lowest BCUT2D eigenvalue weighted by Gasteiger charge is -2.24. The maximum atomic E-state index is 13.0. The Labute approximate surface area is 155 Å². The highest BCUT2D eigenvalue weighted by molar-refractivity contribution is 6.09. The summed E-state index contributed by atoms with van der Waals surface area (Å²) in [4.78, 5) is 32.1. The molecule has 0 fully saturated rings. The number of ether oxygens (including phenoxy) is 1. The molecule has 1 aliphatic heterocycles. The van der Waals surface area contributed by atoms with Crippen LogP contribution in [0.15, 0.2) is 42.6 Å². The van der Waals surface area contributed by atoms with Crippen LogP contribution in [0, 0.1) is 0 Å². The smallest absolute Gasteiger partial charge is 0.272 e. The molecule has 2 heterocycles. The van der Waals surface area contributed by atoms with E-state index in [1.54, 1.807) is 15.9 Å². The predicted molar refractivity (Wildman–Crippen MR) is 96.5 cm³/mol. The largest absolute Gasteiger partial charge is 0.472 e. The molecule has 142 valence electrons. The molecule has 6 nitrogen and oxygen atoms in total. The molecule has 2 amide bonds. The average Bonchev–Trinajstić information content (AvgIpc) is 2.86.